The first kappa shape index (κ1) is 14.3. The van der Waals surface area contributed by atoms with E-state index in [9.17, 15) is 0 Å². The molecule has 0 aliphatic heterocycles. The number of aryl methyl sites for hydroxylation is 1. The van der Waals surface area contributed by atoms with Gasteiger partial charge in [0.15, 0.2) is 5.82 Å². The Morgan fingerprint density at radius 1 is 1.24 bits per heavy atom. The summed E-state index contributed by atoms with van der Waals surface area (Å²) in [5, 5.41) is 8.19. The first-order chi connectivity index (χ1) is 10.1. The fourth-order valence-corrected chi connectivity index (χ4v) is 2.75. The van der Waals surface area contributed by atoms with Crippen LogP contribution in [0.1, 0.15) is 81.5 Å². The van der Waals surface area contributed by atoms with E-state index in [2.05, 4.69) is 49.1 Å². The van der Waals surface area contributed by atoms with Gasteiger partial charge in [-0.05, 0) is 25.2 Å². The molecule has 2 aromatic rings. The van der Waals surface area contributed by atoms with E-state index >= 15 is 0 Å². The maximum atomic E-state index is 5.42. The van der Waals surface area contributed by atoms with E-state index in [1.807, 2.05) is 0 Å². The van der Waals surface area contributed by atoms with E-state index in [1.165, 1.54) is 0 Å². The van der Waals surface area contributed by atoms with E-state index in [0.29, 0.717) is 23.7 Å². The van der Waals surface area contributed by atoms with Gasteiger partial charge in [0, 0.05) is 23.8 Å². The lowest BCUT2D eigenvalue weighted by atomic mass is 10.00. The van der Waals surface area contributed by atoms with E-state index in [1.54, 1.807) is 0 Å². The Morgan fingerprint density at radius 2 is 2.05 bits per heavy atom. The fraction of sp³-hybridized carbons (Fsp3) is 0.688. The third-order valence-electron chi connectivity index (χ3n) is 4.29. The van der Waals surface area contributed by atoms with E-state index in [0.717, 1.165) is 42.4 Å². The first-order valence-corrected chi connectivity index (χ1v) is 7.87. The van der Waals surface area contributed by atoms with E-state index in [4.69, 9.17) is 9.05 Å². The van der Waals surface area contributed by atoms with Crippen molar-refractivity contribution in [2.75, 3.05) is 0 Å². The molecule has 114 valence electrons. The summed E-state index contributed by atoms with van der Waals surface area (Å²) in [6.45, 7) is 8.43. The molecular formula is C16H23N3O2. The van der Waals surface area contributed by atoms with Gasteiger partial charge in [0.1, 0.15) is 5.76 Å². The number of hydrogen-bond donors (Lipinski definition) is 0. The van der Waals surface area contributed by atoms with Gasteiger partial charge < -0.3 is 9.05 Å². The third-order valence-corrected chi connectivity index (χ3v) is 4.29. The molecule has 0 saturated heterocycles. The lowest BCUT2D eigenvalue weighted by Crippen LogP contribution is -1.95. The van der Waals surface area contributed by atoms with Gasteiger partial charge in [0.25, 0.3) is 0 Å². The molecule has 3 rings (SSSR count). The van der Waals surface area contributed by atoms with Crippen LogP contribution in [-0.2, 0) is 6.42 Å². The minimum atomic E-state index is 0.295. The van der Waals surface area contributed by atoms with Crippen LogP contribution in [-0.4, -0.2) is 15.3 Å². The third kappa shape index (κ3) is 3.01. The zero-order valence-corrected chi connectivity index (χ0v) is 13.2. The van der Waals surface area contributed by atoms with Crippen molar-refractivity contribution < 1.29 is 9.05 Å². The maximum absolute atomic E-state index is 5.42. The van der Waals surface area contributed by atoms with Crippen molar-refractivity contribution in [3.05, 3.63) is 29.2 Å². The molecule has 0 radical (unpaired) electrons. The van der Waals surface area contributed by atoms with Gasteiger partial charge in [-0.25, -0.2) is 0 Å². The number of aromatic nitrogens is 3. The second-order valence-electron chi connectivity index (χ2n) is 6.46. The van der Waals surface area contributed by atoms with Crippen molar-refractivity contribution in [2.24, 2.45) is 5.92 Å². The van der Waals surface area contributed by atoms with Gasteiger partial charge in [-0.15, -0.1) is 0 Å². The van der Waals surface area contributed by atoms with Crippen molar-refractivity contribution in [1.82, 2.24) is 15.3 Å². The van der Waals surface area contributed by atoms with Crippen LogP contribution in [0.3, 0.4) is 0 Å². The Labute approximate surface area is 125 Å². The van der Waals surface area contributed by atoms with Gasteiger partial charge in [-0.1, -0.05) is 38.0 Å². The highest BCUT2D eigenvalue weighted by atomic mass is 16.5. The Morgan fingerprint density at radius 3 is 2.67 bits per heavy atom. The Hall–Kier alpha value is -1.65. The monoisotopic (exact) mass is 289 g/mol. The molecule has 21 heavy (non-hydrogen) atoms. The lowest BCUT2D eigenvalue weighted by molar-refractivity contribution is 0.349. The molecular weight excluding hydrogens is 266 g/mol. The zero-order chi connectivity index (χ0) is 15.0. The molecule has 2 heterocycles. The fourth-order valence-electron chi connectivity index (χ4n) is 2.75. The minimum absolute atomic E-state index is 0.295. The van der Waals surface area contributed by atoms with Crippen LogP contribution in [0.4, 0.5) is 0 Å². The summed E-state index contributed by atoms with van der Waals surface area (Å²) in [7, 11) is 0. The second-order valence-corrected chi connectivity index (χ2v) is 6.46. The standard InChI is InChI=1S/C16H23N3O2/c1-5-12-8-14(20-18-12)10(4)6-11-7-13(11)15-17-16(9(2)3)21-19-15/h8-11,13H,5-7H2,1-4H3. The maximum Gasteiger partial charge on any atom is 0.229 e. The predicted octanol–water partition coefficient (Wildman–Crippen LogP) is 4.04. The summed E-state index contributed by atoms with van der Waals surface area (Å²) in [6.07, 6.45) is 3.16. The smallest absolute Gasteiger partial charge is 0.229 e. The topological polar surface area (TPSA) is 65.0 Å². The van der Waals surface area contributed by atoms with E-state index < -0.39 is 0 Å². The molecule has 3 atom stereocenters. The Kier molecular flexibility index (Phi) is 3.83. The quantitative estimate of drug-likeness (QED) is 0.803. The summed E-state index contributed by atoms with van der Waals surface area (Å²) in [5.41, 5.74) is 1.03. The van der Waals surface area contributed by atoms with Gasteiger partial charge in [0.05, 0.1) is 5.69 Å². The molecule has 0 spiro atoms. The Bertz CT molecular complexity index is 602. The summed E-state index contributed by atoms with van der Waals surface area (Å²) >= 11 is 0. The number of nitrogens with zero attached hydrogens (tertiary/aromatic N) is 3. The molecule has 1 fully saturated rings. The molecule has 5 heteroatoms. The number of rotatable bonds is 6. The Balaban J connectivity index is 1.57. The zero-order valence-electron chi connectivity index (χ0n) is 13.2. The molecule has 5 nitrogen and oxygen atoms in total. The average Bonchev–Trinajstić information content (AvgIpc) is 2.94. The molecule has 0 N–H and O–H groups in total. The SMILES string of the molecule is CCc1cc(C(C)CC2CC2c2noc(C(C)C)n2)on1. The van der Waals surface area contributed by atoms with Crippen LogP contribution in [0.15, 0.2) is 15.1 Å². The minimum Gasteiger partial charge on any atom is -0.361 e. The first-order valence-electron chi connectivity index (χ1n) is 7.87. The van der Waals surface area contributed by atoms with Gasteiger partial charge in [0.2, 0.25) is 5.89 Å². The summed E-state index contributed by atoms with van der Waals surface area (Å²) < 4.78 is 10.7. The molecule has 0 amide bonds. The molecule has 3 unspecified atom stereocenters. The summed E-state index contributed by atoms with van der Waals surface area (Å²) in [5.74, 6) is 4.39. The summed E-state index contributed by atoms with van der Waals surface area (Å²) in [6, 6.07) is 2.08. The van der Waals surface area contributed by atoms with E-state index in [-0.39, 0.29) is 0 Å². The van der Waals surface area contributed by atoms with Gasteiger partial charge >= 0.3 is 0 Å². The summed E-state index contributed by atoms with van der Waals surface area (Å²) in [4.78, 5) is 4.51. The van der Waals surface area contributed by atoms with Crippen molar-refractivity contribution in [3.63, 3.8) is 0 Å². The van der Waals surface area contributed by atoms with Crippen molar-refractivity contribution in [2.45, 2.75) is 64.7 Å². The highest BCUT2D eigenvalue weighted by molar-refractivity contribution is 5.14. The lowest BCUT2D eigenvalue weighted by Gasteiger charge is -2.05. The van der Waals surface area contributed by atoms with Crippen LogP contribution < -0.4 is 0 Å². The largest absolute Gasteiger partial charge is 0.361 e. The van der Waals surface area contributed by atoms with Crippen LogP contribution >= 0.6 is 0 Å². The highest BCUT2D eigenvalue weighted by Gasteiger charge is 2.43. The molecule has 1 aliphatic rings. The molecule has 0 aromatic carbocycles. The van der Waals surface area contributed by atoms with Gasteiger partial charge in [-0.3, -0.25) is 0 Å². The second kappa shape index (κ2) is 5.62. The highest BCUT2D eigenvalue weighted by Crippen LogP contribution is 2.51. The van der Waals surface area contributed by atoms with Crippen molar-refractivity contribution in [3.8, 4) is 0 Å². The molecule has 0 bridgehead atoms. The molecule has 2 aromatic heterocycles. The van der Waals surface area contributed by atoms with Gasteiger partial charge in [-0.2, -0.15) is 4.98 Å². The molecule has 1 aliphatic carbocycles. The van der Waals surface area contributed by atoms with Crippen LogP contribution in [0.2, 0.25) is 0 Å². The van der Waals surface area contributed by atoms with Crippen LogP contribution in [0, 0.1) is 5.92 Å². The average molecular weight is 289 g/mol. The normalized spacial score (nSPS) is 22.7. The van der Waals surface area contributed by atoms with Crippen molar-refractivity contribution >= 4 is 0 Å². The van der Waals surface area contributed by atoms with Crippen molar-refractivity contribution in [1.29, 1.82) is 0 Å². The van der Waals surface area contributed by atoms with Crippen LogP contribution in [0.25, 0.3) is 0 Å². The molecule has 1 saturated carbocycles. The number of hydrogen-bond acceptors (Lipinski definition) is 5. The van der Waals surface area contributed by atoms with Crippen LogP contribution in [0.5, 0.6) is 0 Å². The predicted molar refractivity (Wildman–Crippen MR) is 78.1 cm³/mol.